The highest BCUT2D eigenvalue weighted by Gasteiger charge is 2.34. The minimum Gasteiger partial charge on any atom is -0.478 e. The summed E-state index contributed by atoms with van der Waals surface area (Å²) in [5.41, 5.74) is -0.998. The summed E-state index contributed by atoms with van der Waals surface area (Å²) >= 11 is 0. The van der Waals surface area contributed by atoms with Crippen molar-refractivity contribution in [2.45, 2.75) is 32.9 Å². The lowest BCUT2D eigenvalue weighted by Gasteiger charge is -2.11. The smallest absolute Gasteiger partial charge is 0.433 e. The second kappa shape index (κ2) is 6.42. The van der Waals surface area contributed by atoms with Gasteiger partial charge in [-0.3, -0.25) is 0 Å². The predicted molar refractivity (Wildman–Crippen MR) is 61.6 cm³/mol. The number of hydrogen-bond donors (Lipinski definition) is 1. The first-order chi connectivity index (χ1) is 8.47. The predicted octanol–water partition coefficient (Wildman–Crippen LogP) is 3.11. The summed E-state index contributed by atoms with van der Waals surface area (Å²) in [4.78, 5) is 7.30. The van der Waals surface area contributed by atoms with Gasteiger partial charge in [0, 0.05) is 12.6 Å². The van der Waals surface area contributed by atoms with Gasteiger partial charge in [0.05, 0.1) is 6.61 Å². The van der Waals surface area contributed by atoms with Crippen molar-refractivity contribution in [1.82, 2.24) is 9.97 Å². The van der Waals surface area contributed by atoms with Crippen molar-refractivity contribution in [3.8, 4) is 5.88 Å². The second-order valence-corrected chi connectivity index (χ2v) is 3.69. The molecule has 0 saturated heterocycles. The van der Waals surface area contributed by atoms with Crippen molar-refractivity contribution in [1.29, 1.82) is 0 Å². The number of halogens is 3. The molecule has 1 aromatic rings. The fraction of sp³-hybridized carbons (Fsp3) is 0.636. The molecule has 1 heterocycles. The van der Waals surface area contributed by atoms with E-state index >= 15 is 0 Å². The van der Waals surface area contributed by atoms with E-state index in [0.717, 1.165) is 12.5 Å². The van der Waals surface area contributed by atoms with Gasteiger partial charge in [0.25, 0.3) is 0 Å². The first-order valence-corrected chi connectivity index (χ1v) is 5.80. The summed E-state index contributed by atoms with van der Waals surface area (Å²) in [6, 6.07) is 0.812. The van der Waals surface area contributed by atoms with E-state index in [1.165, 1.54) is 0 Å². The average molecular weight is 263 g/mol. The van der Waals surface area contributed by atoms with E-state index in [2.05, 4.69) is 15.3 Å². The van der Waals surface area contributed by atoms with E-state index < -0.39 is 11.9 Å². The molecule has 0 saturated carbocycles. The molecule has 1 rings (SSSR count). The number of ether oxygens (including phenoxy) is 1. The molecule has 0 aliphatic rings. The molecule has 0 aromatic carbocycles. The van der Waals surface area contributed by atoms with Crippen molar-refractivity contribution in [3.63, 3.8) is 0 Å². The Morgan fingerprint density at radius 1 is 1.22 bits per heavy atom. The molecule has 0 aliphatic heterocycles. The Morgan fingerprint density at radius 3 is 2.50 bits per heavy atom. The van der Waals surface area contributed by atoms with Crippen LogP contribution in [0.5, 0.6) is 5.88 Å². The summed E-state index contributed by atoms with van der Waals surface area (Å²) < 4.78 is 43.0. The van der Waals surface area contributed by atoms with Gasteiger partial charge in [-0.05, 0) is 12.8 Å². The van der Waals surface area contributed by atoms with Gasteiger partial charge in [-0.2, -0.15) is 18.2 Å². The maximum absolute atomic E-state index is 12.6. The van der Waals surface area contributed by atoms with Gasteiger partial charge >= 0.3 is 6.18 Å². The molecule has 0 atom stereocenters. The van der Waals surface area contributed by atoms with E-state index in [9.17, 15) is 13.2 Å². The third-order valence-electron chi connectivity index (χ3n) is 1.98. The molecule has 102 valence electrons. The Kier molecular flexibility index (Phi) is 5.18. The lowest BCUT2D eigenvalue weighted by molar-refractivity contribution is -0.141. The Hall–Kier alpha value is -1.53. The first kappa shape index (κ1) is 14.5. The van der Waals surface area contributed by atoms with Crippen LogP contribution in [0.1, 0.15) is 32.4 Å². The number of rotatable bonds is 6. The monoisotopic (exact) mass is 263 g/mol. The number of anilines is 1. The van der Waals surface area contributed by atoms with Crippen LogP contribution in [0.15, 0.2) is 6.07 Å². The van der Waals surface area contributed by atoms with Crippen LogP contribution in [-0.4, -0.2) is 23.1 Å². The fourth-order valence-electron chi connectivity index (χ4n) is 1.17. The van der Waals surface area contributed by atoms with Crippen molar-refractivity contribution in [2.75, 3.05) is 18.5 Å². The zero-order valence-corrected chi connectivity index (χ0v) is 10.3. The molecule has 0 fully saturated rings. The highest BCUT2D eigenvalue weighted by molar-refractivity contribution is 5.31. The van der Waals surface area contributed by atoms with Crippen LogP contribution in [0.2, 0.25) is 0 Å². The fourth-order valence-corrected chi connectivity index (χ4v) is 1.17. The number of nitrogens with one attached hydrogen (secondary N) is 1. The molecule has 1 aromatic heterocycles. The Bertz CT molecular complexity index is 356. The van der Waals surface area contributed by atoms with Crippen LogP contribution in [-0.2, 0) is 6.18 Å². The van der Waals surface area contributed by atoms with Crippen molar-refractivity contribution >= 4 is 5.95 Å². The minimum absolute atomic E-state index is 0.0576. The third kappa shape index (κ3) is 4.38. The molecule has 1 N–H and O–H groups in total. The van der Waals surface area contributed by atoms with Crippen LogP contribution >= 0.6 is 0 Å². The van der Waals surface area contributed by atoms with E-state index in [1.807, 2.05) is 13.8 Å². The maximum Gasteiger partial charge on any atom is 0.433 e. The van der Waals surface area contributed by atoms with Crippen LogP contribution in [0.3, 0.4) is 0 Å². The number of hydrogen-bond acceptors (Lipinski definition) is 4. The summed E-state index contributed by atoms with van der Waals surface area (Å²) in [7, 11) is 0. The molecule has 18 heavy (non-hydrogen) atoms. The highest BCUT2D eigenvalue weighted by atomic mass is 19.4. The molecule has 0 bridgehead atoms. The lowest BCUT2D eigenvalue weighted by Crippen LogP contribution is -2.13. The van der Waals surface area contributed by atoms with Crippen LogP contribution in [0.25, 0.3) is 0 Å². The molecule has 4 nitrogen and oxygen atoms in total. The lowest BCUT2D eigenvalue weighted by atomic mass is 10.4. The molecule has 0 amide bonds. The molecule has 7 heteroatoms. The van der Waals surface area contributed by atoms with Crippen LogP contribution in [0, 0.1) is 0 Å². The molecular weight excluding hydrogens is 247 g/mol. The number of nitrogens with zero attached hydrogens (tertiary/aromatic N) is 2. The van der Waals surface area contributed by atoms with Gasteiger partial charge in [-0.15, -0.1) is 0 Å². The number of aromatic nitrogens is 2. The van der Waals surface area contributed by atoms with Gasteiger partial charge in [0.15, 0.2) is 5.69 Å². The molecule has 0 unspecified atom stereocenters. The Balaban J connectivity index is 2.96. The van der Waals surface area contributed by atoms with Gasteiger partial charge in [0.1, 0.15) is 0 Å². The van der Waals surface area contributed by atoms with Crippen molar-refractivity contribution in [3.05, 3.63) is 11.8 Å². The van der Waals surface area contributed by atoms with Gasteiger partial charge < -0.3 is 10.1 Å². The van der Waals surface area contributed by atoms with Gasteiger partial charge in [0.2, 0.25) is 11.8 Å². The second-order valence-electron chi connectivity index (χ2n) is 3.69. The van der Waals surface area contributed by atoms with Crippen molar-refractivity contribution in [2.24, 2.45) is 0 Å². The largest absolute Gasteiger partial charge is 0.478 e. The summed E-state index contributed by atoms with van der Waals surface area (Å²) in [5.74, 6) is -0.115. The molecule has 0 spiro atoms. The van der Waals surface area contributed by atoms with Crippen LogP contribution in [0.4, 0.5) is 19.1 Å². The van der Waals surface area contributed by atoms with Gasteiger partial charge in [-0.1, -0.05) is 13.8 Å². The third-order valence-corrected chi connectivity index (χ3v) is 1.98. The van der Waals surface area contributed by atoms with E-state index in [0.29, 0.717) is 19.6 Å². The Morgan fingerprint density at radius 2 is 1.94 bits per heavy atom. The standard InChI is InChI=1S/C11H16F3N3O/c1-3-5-15-10-16-8(11(12,13)14)7-9(17-10)18-6-4-2/h7H,3-6H2,1-2H3,(H,15,16,17). The SMILES string of the molecule is CCCNc1nc(OCCC)cc(C(F)(F)F)n1. The van der Waals surface area contributed by atoms with Gasteiger partial charge in [-0.25, -0.2) is 4.98 Å². The molecular formula is C11H16F3N3O. The van der Waals surface area contributed by atoms with E-state index in [-0.39, 0.29) is 11.8 Å². The first-order valence-electron chi connectivity index (χ1n) is 5.80. The molecule has 0 radical (unpaired) electrons. The van der Waals surface area contributed by atoms with E-state index in [1.54, 1.807) is 0 Å². The highest BCUT2D eigenvalue weighted by Crippen LogP contribution is 2.30. The van der Waals surface area contributed by atoms with E-state index in [4.69, 9.17) is 4.74 Å². The summed E-state index contributed by atoms with van der Waals surface area (Å²) in [6.45, 7) is 4.59. The Labute approximate surface area is 104 Å². The number of alkyl halides is 3. The summed E-state index contributed by atoms with van der Waals surface area (Å²) in [6.07, 6.45) is -3.04. The normalized spacial score (nSPS) is 11.4. The zero-order valence-electron chi connectivity index (χ0n) is 10.3. The summed E-state index contributed by atoms with van der Waals surface area (Å²) in [5, 5.41) is 2.72. The maximum atomic E-state index is 12.6. The topological polar surface area (TPSA) is 47.0 Å². The minimum atomic E-state index is -4.50. The van der Waals surface area contributed by atoms with Crippen molar-refractivity contribution < 1.29 is 17.9 Å². The quantitative estimate of drug-likeness (QED) is 0.856. The van der Waals surface area contributed by atoms with Crippen LogP contribution < -0.4 is 10.1 Å². The average Bonchev–Trinajstić information content (AvgIpc) is 2.32. The zero-order chi connectivity index (χ0) is 13.6. The molecule has 0 aliphatic carbocycles.